The standard InChI is InChI=1S/C31H41ClN5O6P/c1-6-8-11-23(37-27(19-40-7-2)35-28-29(37)25-12-9-10-13-26(25)34-30(28)33)18-41-44(39,36-21(5)31(38)42-20(3)4)43-24-16-14-22(32)15-17-24/h9-10,12-17,20-21,23H,6-8,11,18-19H2,1-5H3,(H2,33,34)(H,36,39)/t21-,23-,44+/m0/s1. The minimum atomic E-state index is -4.15. The van der Waals surface area contributed by atoms with E-state index in [-0.39, 0.29) is 31.1 Å². The monoisotopic (exact) mass is 645 g/mol. The molecule has 13 heteroatoms. The van der Waals surface area contributed by atoms with E-state index in [0.717, 1.165) is 29.3 Å². The fraction of sp³-hybridized carbons (Fsp3) is 0.452. The van der Waals surface area contributed by atoms with Crippen molar-refractivity contribution >= 4 is 53.1 Å². The van der Waals surface area contributed by atoms with Gasteiger partial charge in [-0.05, 0) is 64.4 Å². The Bertz CT molecular complexity index is 1610. The number of pyridine rings is 1. The molecular weight excluding hydrogens is 605 g/mol. The second-order valence-corrected chi connectivity index (χ2v) is 12.8. The van der Waals surface area contributed by atoms with Crippen molar-refractivity contribution in [1.82, 2.24) is 19.6 Å². The van der Waals surface area contributed by atoms with Gasteiger partial charge in [0.05, 0.1) is 29.8 Å². The van der Waals surface area contributed by atoms with E-state index in [1.807, 2.05) is 31.2 Å². The number of imidazole rings is 1. The third kappa shape index (κ3) is 8.28. The molecule has 0 aliphatic carbocycles. The zero-order valence-corrected chi connectivity index (χ0v) is 27.4. The number of hydrogen-bond donors (Lipinski definition) is 2. The molecule has 0 amide bonds. The molecule has 2 aromatic carbocycles. The van der Waals surface area contributed by atoms with Gasteiger partial charge < -0.3 is 24.3 Å². The van der Waals surface area contributed by atoms with Gasteiger partial charge in [0.1, 0.15) is 29.7 Å². The number of aromatic nitrogens is 3. The van der Waals surface area contributed by atoms with E-state index in [0.29, 0.717) is 35.2 Å². The summed E-state index contributed by atoms with van der Waals surface area (Å²) in [6.07, 6.45) is 2.10. The lowest BCUT2D eigenvalue weighted by molar-refractivity contribution is -0.149. The molecule has 238 valence electrons. The molecule has 0 bridgehead atoms. The molecule has 44 heavy (non-hydrogen) atoms. The smallest absolute Gasteiger partial charge is 0.459 e. The van der Waals surface area contributed by atoms with E-state index < -0.39 is 19.8 Å². The number of carbonyl (C=O) groups excluding carboxylic acids is 1. The number of rotatable bonds is 16. The number of unbranched alkanes of at least 4 members (excludes halogenated alkanes) is 1. The fourth-order valence-corrected chi connectivity index (χ4v) is 6.47. The van der Waals surface area contributed by atoms with Crippen LogP contribution in [0.4, 0.5) is 5.82 Å². The van der Waals surface area contributed by atoms with Gasteiger partial charge in [0.25, 0.3) is 0 Å². The van der Waals surface area contributed by atoms with Crippen LogP contribution in [-0.2, 0) is 30.0 Å². The summed E-state index contributed by atoms with van der Waals surface area (Å²) in [5.41, 5.74) is 8.49. The van der Waals surface area contributed by atoms with Gasteiger partial charge in [-0.1, -0.05) is 49.6 Å². The predicted octanol–water partition coefficient (Wildman–Crippen LogP) is 7.22. The number of nitrogens with one attached hydrogen (secondary N) is 1. The zero-order chi connectivity index (χ0) is 31.9. The van der Waals surface area contributed by atoms with Crippen molar-refractivity contribution in [3.05, 3.63) is 59.4 Å². The highest BCUT2D eigenvalue weighted by atomic mass is 35.5. The van der Waals surface area contributed by atoms with Gasteiger partial charge in [-0.15, -0.1) is 0 Å². The van der Waals surface area contributed by atoms with Crippen LogP contribution in [0.1, 0.15) is 65.7 Å². The number of fused-ring (bicyclic) bond motifs is 3. The van der Waals surface area contributed by atoms with Crippen LogP contribution in [0.3, 0.4) is 0 Å². The number of esters is 1. The molecule has 0 unspecified atom stereocenters. The first-order valence-corrected chi connectivity index (χ1v) is 16.8. The number of benzene rings is 2. The molecule has 3 atom stereocenters. The third-order valence-corrected chi connectivity index (χ3v) is 8.75. The number of nitrogen functional groups attached to an aromatic ring is 1. The second kappa shape index (κ2) is 15.2. The highest BCUT2D eigenvalue weighted by molar-refractivity contribution is 7.52. The fourth-order valence-electron chi connectivity index (χ4n) is 4.82. The number of anilines is 1. The lowest BCUT2D eigenvalue weighted by atomic mass is 10.1. The minimum Gasteiger partial charge on any atom is -0.462 e. The number of para-hydroxylation sites is 1. The summed E-state index contributed by atoms with van der Waals surface area (Å²) < 4.78 is 39.6. The Labute approximate surface area is 263 Å². The Morgan fingerprint density at radius 1 is 1.09 bits per heavy atom. The molecule has 2 aromatic heterocycles. The summed E-state index contributed by atoms with van der Waals surface area (Å²) in [4.78, 5) is 22.1. The number of nitrogens with two attached hydrogens (primary N) is 1. The lowest BCUT2D eigenvalue weighted by Gasteiger charge is -2.27. The lowest BCUT2D eigenvalue weighted by Crippen LogP contribution is -2.36. The Hall–Kier alpha value is -3.21. The molecule has 0 aliphatic rings. The van der Waals surface area contributed by atoms with Gasteiger partial charge in [-0.3, -0.25) is 9.32 Å². The number of nitrogens with zero attached hydrogens (tertiary/aromatic N) is 3. The van der Waals surface area contributed by atoms with Crippen LogP contribution < -0.4 is 15.3 Å². The Morgan fingerprint density at radius 3 is 2.50 bits per heavy atom. The number of ether oxygens (including phenoxy) is 2. The van der Waals surface area contributed by atoms with Gasteiger partial charge in [0, 0.05) is 17.0 Å². The Kier molecular flexibility index (Phi) is 11.6. The van der Waals surface area contributed by atoms with Crippen LogP contribution in [-0.4, -0.2) is 45.9 Å². The molecule has 0 saturated carbocycles. The molecule has 0 spiro atoms. The molecule has 0 radical (unpaired) electrons. The van der Waals surface area contributed by atoms with Crippen molar-refractivity contribution in [3.63, 3.8) is 0 Å². The average Bonchev–Trinajstić information content (AvgIpc) is 3.37. The van der Waals surface area contributed by atoms with E-state index in [2.05, 4.69) is 21.6 Å². The molecular formula is C31H41ClN5O6P. The van der Waals surface area contributed by atoms with E-state index >= 15 is 0 Å². The van der Waals surface area contributed by atoms with Crippen LogP contribution >= 0.6 is 19.3 Å². The van der Waals surface area contributed by atoms with Crippen LogP contribution in [0.25, 0.3) is 21.9 Å². The molecule has 4 rings (SSSR count). The summed E-state index contributed by atoms with van der Waals surface area (Å²) in [6, 6.07) is 12.8. The van der Waals surface area contributed by atoms with E-state index in [1.54, 1.807) is 45.0 Å². The predicted molar refractivity (Wildman–Crippen MR) is 173 cm³/mol. The summed E-state index contributed by atoms with van der Waals surface area (Å²) >= 11 is 6.05. The van der Waals surface area contributed by atoms with E-state index in [9.17, 15) is 9.36 Å². The highest BCUT2D eigenvalue weighted by Crippen LogP contribution is 2.46. The normalized spacial score (nSPS) is 14.5. The van der Waals surface area contributed by atoms with Crippen LogP contribution in [0.2, 0.25) is 5.02 Å². The number of carbonyl (C=O) groups is 1. The minimum absolute atomic E-state index is 0.0368. The van der Waals surface area contributed by atoms with Crippen molar-refractivity contribution in [1.29, 1.82) is 0 Å². The first-order chi connectivity index (χ1) is 21.0. The SMILES string of the molecule is CCCC[C@@H](CO[P@](=O)(N[C@@H](C)C(=O)OC(C)C)Oc1ccc(Cl)cc1)n1c(COCC)nc2c(N)nc3ccccc3c21. The van der Waals surface area contributed by atoms with Crippen LogP contribution in [0, 0.1) is 0 Å². The first-order valence-electron chi connectivity index (χ1n) is 14.9. The molecule has 0 fully saturated rings. The van der Waals surface area contributed by atoms with Gasteiger partial charge in [-0.25, -0.2) is 14.5 Å². The zero-order valence-electron chi connectivity index (χ0n) is 25.8. The molecule has 0 aliphatic heterocycles. The third-order valence-electron chi connectivity index (χ3n) is 6.85. The first kappa shape index (κ1) is 33.7. The van der Waals surface area contributed by atoms with Crippen molar-refractivity contribution < 1.29 is 27.9 Å². The Morgan fingerprint density at radius 2 is 1.82 bits per heavy atom. The van der Waals surface area contributed by atoms with Crippen LogP contribution in [0.15, 0.2) is 48.5 Å². The van der Waals surface area contributed by atoms with E-state index in [4.69, 9.17) is 40.8 Å². The molecule has 2 heterocycles. The van der Waals surface area contributed by atoms with Crippen molar-refractivity contribution in [2.24, 2.45) is 0 Å². The number of hydrogen-bond acceptors (Lipinski definition) is 9. The average molecular weight is 646 g/mol. The molecule has 11 nitrogen and oxygen atoms in total. The maximum Gasteiger partial charge on any atom is 0.459 e. The second-order valence-electron chi connectivity index (χ2n) is 10.7. The summed E-state index contributed by atoms with van der Waals surface area (Å²) in [6.45, 7) is 9.73. The van der Waals surface area contributed by atoms with Crippen LogP contribution in [0.5, 0.6) is 5.75 Å². The summed E-state index contributed by atoms with van der Waals surface area (Å²) in [5, 5.41) is 4.13. The van der Waals surface area contributed by atoms with Gasteiger partial charge >= 0.3 is 13.7 Å². The topological polar surface area (TPSA) is 140 Å². The van der Waals surface area contributed by atoms with Crippen molar-refractivity contribution in [2.45, 2.75) is 78.7 Å². The largest absolute Gasteiger partial charge is 0.462 e. The van der Waals surface area contributed by atoms with Gasteiger partial charge in [-0.2, -0.15) is 5.09 Å². The summed E-state index contributed by atoms with van der Waals surface area (Å²) in [5.74, 6) is 0.628. The number of halogens is 1. The maximum absolute atomic E-state index is 14.3. The molecule has 0 saturated heterocycles. The molecule has 3 N–H and O–H groups in total. The molecule has 4 aromatic rings. The summed E-state index contributed by atoms with van der Waals surface area (Å²) in [7, 11) is -4.15. The van der Waals surface area contributed by atoms with E-state index in [1.165, 1.54) is 0 Å². The Balaban J connectivity index is 1.76. The van der Waals surface area contributed by atoms with Gasteiger partial charge in [0.15, 0.2) is 5.82 Å². The van der Waals surface area contributed by atoms with Crippen molar-refractivity contribution in [3.8, 4) is 5.75 Å². The quantitative estimate of drug-likeness (QED) is 0.0948. The van der Waals surface area contributed by atoms with Crippen molar-refractivity contribution in [2.75, 3.05) is 18.9 Å². The maximum atomic E-state index is 14.3. The van der Waals surface area contributed by atoms with Gasteiger partial charge in [0.2, 0.25) is 0 Å². The highest BCUT2D eigenvalue weighted by Gasteiger charge is 2.34.